The van der Waals surface area contributed by atoms with Crippen LogP contribution in [0.5, 0.6) is 0 Å². The predicted octanol–water partition coefficient (Wildman–Crippen LogP) is 18.1. The van der Waals surface area contributed by atoms with E-state index in [9.17, 15) is 0 Å². The van der Waals surface area contributed by atoms with Crippen LogP contribution in [-0.2, 0) is 5.41 Å². The van der Waals surface area contributed by atoms with E-state index in [2.05, 4.69) is 277 Å². The maximum Gasteiger partial charge on any atom is 0.0714 e. The molecule has 322 valence electrons. The molecule has 1 aliphatic heterocycles. The summed E-state index contributed by atoms with van der Waals surface area (Å²) in [7, 11) is 0. The van der Waals surface area contributed by atoms with Gasteiger partial charge in [0.25, 0.3) is 0 Å². The molecule has 2 nitrogen and oxygen atoms in total. The number of nitrogens with zero attached hydrogens (tertiary/aromatic N) is 2. The SMILES string of the molecule is c1ccc(N(c2ccc(-c3ccc4c5c(cccc35)-c3cc5ccccc5cc3N4c3ccc4ccccc4c3)cc2)c2ccc3c(c2)C(c2ccccc2)(c2ccccc2)c2ccccc2-3)cc1. The van der Waals surface area contributed by atoms with Gasteiger partial charge < -0.3 is 9.80 Å². The van der Waals surface area contributed by atoms with Crippen LogP contribution in [0.4, 0.5) is 34.1 Å². The molecule has 12 aromatic carbocycles. The third-order valence-corrected chi connectivity index (χ3v) is 14.8. The van der Waals surface area contributed by atoms with Crippen LogP contribution in [-0.4, -0.2) is 0 Å². The second kappa shape index (κ2) is 15.6. The molecule has 0 bridgehead atoms. The standard InChI is InChI=1S/C67H44N2/c1-4-21-50(22-5-1)67(51-23-6-2-7-24-51)62-30-15-14-27-57(62)58-38-37-55(44-63(58)67)68(52-25-8-3-9-26-52)53-34-32-46(33-35-53)56-39-40-64-66-59(56)28-16-29-60(66)61-42-48-19-12-13-20-49(48)43-65(61)69(64)54-36-31-45-17-10-11-18-47(45)41-54/h1-44H. The van der Waals surface area contributed by atoms with Gasteiger partial charge in [-0.1, -0.05) is 200 Å². The van der Waals surface area contributed by atoms with Crippen molar-refractivity contribution in [3.05, 3.63) is 289 Å². The van der Waals surface area contributed by atoms with E-state index >= 15 is 0 Å². The van der Waals surface area contributed by atoms with Crippen molar-refractivity contribution in [2.24, 2.45) is 0 Å². The Labute approximate surface area is 402 Å². The number of fused-ring (bicyclic) bond motifs is 7. The minimum atomic E-state index is -0.497. The van der Waals surface area contributed by atoms with Crippen LogP contribution in [0, 0.1) is 0 Å². The molecule has 0 saturated carbocycles. The van der Waals surface area contributed by atoms with Gasteiger partial charge in [0.1, 0.15) is 0 Å². The summed E-state index contributed by atoms with van der Waals surface area (Å²) in [5.74, 6) is 0. The molecule has 14 rings (SSSR count). The van der Waals surface area contributed by atoms with E-state index < -0.39 is 5.41 Å². The Morgan fingerprint density at radius 3 is 1.61 bits per heavy atom. The van der Waals surface area contributed by atoms with Gasteiger partial charge in [-0.3, -0.25) is 0 Å². The lowest BCUT2D eigenvalue weighted by Gasteiger charge is -2.35. The molecule has 1 heterocycles. The lowest BCUT2D eigenvalue weighted by atomic mass is 9.67. The molecular formula is C67H44N2. The Kier molecular flexibility index (Phi) is 8.84. The third kappa shape index (κ3) is 5.99. The Morgan fingerprint density at radius 2 is 0.870 bits per heavy atom. The van der Waals surface area contributed by atoms with Gasteiger partial charge in [-0.05, 0) is 144 Å². The second-order valence-electron chi connectivity index (χ2n) is 18.4. The molecule has 1 aliphatic carbocycles. The zero-order valence-corrected chi connectivity index (χ0v) is 37.8. The van der Waals surface area contributed by atoms with Crippen molar-refractivity contribution >= 4 is 66.4 Å². The smallest absolute Gasteiger partial charge is 0.0714 e. The topological polar surface area (TPSA) is 6.48 Å². The molecular weight excluding hydrogens is 833 g/mol. The lowest BCUT2D eigenvalue weighted by molar-refractivity contribution is 0.768. The highest BCUT2D eigenvalue weighted by Gasteiger charge is 2.46. The molecule has 2 heteroatoms. The zero-order chi connectivity index (χ0) is 45.5. The van der Waals surface area contributed by atoms with Gasteiger partial charge >= 0.3 is 0 Å². The molecule has 2 aliphatic rings. The fourth-order valence-corrected chi connectivity index (χ4v) is 11.8. The first-order chi connectivity index (χ1) is 34.2. The molecule has 69 heavy (non-hydrogen) atoms. The Morgan fingerprint density at radius 1 is 0.304 bits per heavy atom. The minimum Gasteiger partial charge on any atom is -0.310 e. The predicted molar refractivity (Wildman–Crippen MR) is 290 cm³/mol. The van der Waals surface area contributed by atoms with Gasteiger partial charge in [-0.2, -0.15) is 0 Å². The highest BCUT2D eigenvalue weighted by Crippen LogP contribution is 2.58. The number of para-hydroxylation sites is 1. The summed E-state index contributed by atoms with van der Waals surface area (Å²) in [5, 5.41) is 7.44. The zero-order valence-electron chi connectivity index (χ0n) is 37.8. The van der Waals surface area contributed by atoms with Crippen molar-refractivity contribution in [3.8, 4) is 33.4 Å². The Hall–Kier alpha value is -8.98. The molecule has 0 N–H and O–H groups in total. The summed E-state index contributed by atoms with van der Waals surface area (Å²) in [5.41, 5.74) is 18.9. The van der Waals surface area contributed by atoms with E-state index in [1.165, 1.54) is 99.3 Å². The number of anilines is 6. The maximum atomic E-state index is 2.48. The van der Waals surface area contributed by atoms with Crippen LogP contribution >= 0.6 is 0 Å². The van der Waals surface area contributed by atoms with E-state index in [1.54, 1.807) is 0 Å². The van der Waals surface area contributed by atoms with Crippen LogP contribution in [0.1, 0.15) is 22.3 Å². The first kappa shape index (κ1) is 39.2. The highest BCUT2D eigenvalue weighted by atomic mass is 15.2. The van der Waals surface area contributed by atoms with E-state index in [-0.39, 0.29) is 0 Å². The normalized spacial score (nSPS) is 13.0. The van der Waals surface area contributed by atoms with E-state index in [4.69, 9.17) is 0 Å². The van der Waals surface area contributed by atoms with E-state index in [1.807, 2.05) is 0 Å². The summed E-state index contributed by atoms with van der Waals surface area (Å²) in [6.07, 6.45) is 0. The summed E-state index contributed by atoms with van der Waals surface area (Å²) < 4.78 is 0. The monoisotopic (exact) mass is 876 g/mol. The fourth-order valence-electron chi connectivity index (χ4n) is 11.8. The van der Waals surface area contributed by atoms with Gasteiger partial charge in [0.2, 0.25) is 0 Å². The van der Waals surface area contributed by atoms with Crippen molar-refractivity contribution in [2.75, 3.05) is 9.80 Å². The number of benzene rings is 12. The quantitative estimate of drug-likeness (QED) is 0.157. The minimum absolute atomic E-state index is 0.497. The number of hydrogen-bond donors (Lipinski definition) is 0. The molecule has 0 aromatic heterocycles. The van der Waals surface area contributed by atoms with Crippen LogP contribution in [0.2, 0.25) is 0 Å². The Balaban J connectivity index is 0.922. The summed E-state index contributed by atoms with van der Waals surface area (Å²) in [6, 6.07) is 98.7. The third-order valence-electron chi connectivity index (χ3n) is 14.8. The van der Waals surface area contributed by atoms with Crippen LogP contribution in [0.15, 0.2) is 267 Å². The first-order valence-corrected chi connectivity index (χ1v) is 23.9. The summed E-state index contributed by atoms with van der Waals surface area (Å²) in [4.78, 5) is 4.89. The summed E-state index contributed by atoms with van der Waals surface area (Å²) >= 11 is 0. The van der Waals surface area contributed by atoms with Gasteiger partial charge in [0.15, 0.2) is 0 Å². The fraction of sp³-hybridized carbons (Fsp3) is 0.0149. The first-order valence-electron chi connectivity index (χ1n) is 23.9. The molecule has 0 atom stereocenters. The maximum absolute atomic E-state index is 2.48. The largest absolute Gasteiger partial charge is 0.310 e. The van der Waals surface area contributed by atoms with Crippen LogP contribution < -0.4 is 9.80 Å². The molecule has 0 saturated heterocycles. The van der Waals surface area contributed by atoms with Gasteiger partial charge in [0, 0.05) is 33.7 Å². The molecule has 0 fully saturated rings. The van der Waals surface area contributed by atoms with E-state index in [0.29, 0.717) is 0 Å². The molecule has 0 spiro atoms. The molecule has 0 unspecified atom stereocenters. The van der Waals surface area contributed by atoms with Crippen molar-refractivity contribution in [1.29, 1.82) is 0 Å². The Bertz CT molecular complexity index is 3910. The molecule has 12 aromatic rings. The highest BCUT2D eigenvalue weighted by molar-refractivity contribution is 6.19. The van der Waals surface area contributed by atoms with Gasteiger partial charge in [0.05, 0.1) is 16.8 Å². The number of rotatable bonds is 7. The summed E-state index contributed by atoms with van der Waals surface area (Å²) in [6.45, 7) is 0. The van der Waals surface area contributed by atoms with Gasteiger partial charge in [-0.15, -0.1) is 0 Å². The van der Waals surface area contributed by atoms with Crippen LogP contribution in [0.3, 0.4) is 0 Å². The van der Waals surface area contributed by atoms with Gasteiger partial charge in [-0.25, -0.2) is 0 Å². The number of hydrogen-bond acceptors (Lipinski definition) is 2. The van der Waals surface area contributed by atoms with Crippen LogP contribution in [0.25, 0.3) is 65.7 Å². The van der Waals surface area contributed by atoms with Crippen molar-refractivity contribution in [1.82, 2.24) is 0 Å². The van der Waals surface area contributed by atoms with Crippen molar-refractivity contribution in [3.63, 3.8) is 0 Å². The van der Waals surface area contributed by atoms with Crippen molar-refractivity contribution < 1.29 is 0 Å². The average molecular weight is 877 g/mol. The molecule has 0 radical (unpaired) electrons. The van der Waals surface area contributed by atoms with Crippen molar-refractivity contribution in [2.45, 2.75) is 5.41 Å². The lowest BCUT2D eigenvalue weighted by Crippen LogP contribution is -2.28. The van der Waals surface area contributed by atoms with E-state index in [0.717, 1.165) is 22.7 Å². The average Bonchev–Trinajstić information content (AvgIpc) is 3.72. The second-order valence-corrected chi connectivity index (χ2v) is 18.4. The molecule has 0 amide bonds.